The number of hydrogen-bond acceptors (Lipinski definition) is 6. The van der Waals surface area contributed by atoms with Crippen LogP contribution in [0.2, 0.25) is 0 Å². The Kier molecular flexibility index (Phi) is 8.26. The number of nitrogens with zero attached hydrogens (tertiary/aromatic N) is 1. The quantitative estimate of drug-likeness (QED) is 0.332. The maximum absolute atomic E-state index is 11.8. The number of hydrogen-bond donors (Lipinski definition) is 1. The summed E-state index contributed by atoms with van der Waals surface area (Å²) in [5.74, 6) is -1.85. The number of nitrogens with one attached hydrogen (secondary N) is 1. The van der Waals surface area contributed by atoms with Gasteiger partial charge in [0.2, 0.25) is 0 Å². The zero-order valence-corrected chi connectivity index (χ0v) is 13.3. The normalized spacial score (nSPS) is 11.8. The second-order valence-electron chi connectivity index (χ2n) is 5.53. The van der Waals surface area contributed by atoms with E-state index < -0.39 is 24.3 Å². The van der Waals surface area contributed by atoms with Crippen LogP contribution in [-0.2, 0) is 23.9 Å². The Bertz CT molecular complexity index is 410. The van der Waals surface area contributed by atoms with Gasteiger partial charge in [0, 0.05) is 6.42 Å². The Labute approximate surface area is 125 Å². The fourth-order valence-corrected chi connectivity index (χ4v) is 1.39. The summed E-state index contributed by atoms with van der Waals surface area (Å²) in [4.78, 5) is 34.4. The molecule has 0 aromatic carbocycles. The average molecular weight is 300 g/mol. The third-order valence-electron chi connectivity index (χ3n) is 2.13. The van der Waals surface area contributed by atoms with Crippen molar-refractivity contribution in [2.75, 3.05) is 13.2 Å². The maximum atomic E-state index is 11.8. The summed E-state index contributed by atoms with van der Waals surface area (Å²) < 4.78 is 9.54. The summed E-state index contributed by atoms with van der Waals surface area (Å²) in [6, 6.07) is 0. The molecule has 21 heavy (non-hydrogen) atoms. The van der Waals surface area contributed by atoms with E-state index in [0.29, 0.717) is 6.42 Å². The van der Waals surface area contributed by atoms with Gasteiger partial charge in [-0.3, -0.25) is 9.59 Å². The Morgan fingerprint density at radius 2 is 1.62 bits per heavy atom. The van der Waals surface area contributed by atoms with Gasteiger partial charge in [-0.25, -0.2) is 10.2 Å². The van der Waals surface area contributed by atoms with Gasteiger partial charge in [-0.2, -0.15) is 5.10 Å². The van der Waals surface area contributed by atoms with E-state index in [0.717, 1.165) is 0 Å². The van der Waals surface area contributed by atoms with Crippen molar-refractivity contribution >= 4 is 23.6 Å². The number of hydrazone groups is 1. The highest BCUT2D eigenvalue weighted by Crippen LogP contribution is 2.19. The fourth-order valence-electron chi connectivity index (χ4n) is 1.39. The molecule has 7 nitrogen and oxygen atoms in total. The predicted octanol–water partition coefficient (Wildman–Crippen LogP) is 1.41. The van der Waals surface area contributed by atoms with Gasteiger partial charge in [-0.1, -0.05) is 20.8 Å². The van der Waals surface area contributed by atoms with Crippen LogP contribution >= 0.6 is 0 Å². The summed E-state index contributed by atoms with van der Waals surface area (Å²) in [7, 11) is 0. The molecule has 0 spiro atoms. The summed E-state index contributed by atoms with van der Waals surface area (Å²) >= 11 is 0. The monoisotopic (exact) mass is 300 g/mol. The minimum absolute atomic E-state index is 0.113. The van der Waals surface area contributed by atoms with E-state index >= 15 is 0 Å². The van der Waals surface area contributed by atoms with Gasteiger partial charge in [0.25, 0.3) is 5.91 Å². The van der Waals surface area contributed by atoms with Crippen LogP contribution in [0.4, 0.5) is 0 Å². The molecule has 0 aliphatic heterocycles. The fraction of sp³-hybridized carbons (Fsp3) is 0.714. The van der Waals surface area contributed by atoms with Gasteiger partial charge in [0.1, 0.15) is 12.1 Å². The van der Waals surface area contributed by atoms with Gasteiger partial charge >= 0.3 is 11.9 Å². The van der Waals surface area contributed by atoms with E-state index in [1.54, 1.807) is 13.8 Å². The van der Waals surface area contributed by atoms with Crippen molar-refractivity contribution in [3.63, 3.8) is 0 Å². The molecule has 0 heterocycles. The molecule has 0 saturated heterocycles. The minimum atomic E-state index is -0.640. The first-order valence-corrected chi connectivity index (χ1v) is 6.87. The van der Waals surface area contributed by atoms with Crippen LogP contribution in [0.1, 0.15) is 47.5 Å². The van der Waals surface area contributed by atoms with Crippen LogP contribution in [0.25, 0.3) is 0 Å². The topological polar surface area (TPSA) is 94.1 Å². The maximum Gasteiger partial charge on any atom is 0.354 e. The molecule has 0 saturated carbocycles. The number of amides is 1. The first kappa shape index (κ1) is 19.1. The second kappa shape index (κ2) is 9.10. The van der Waals surface area contributed by atoms with Crippen molar-refractivity contribution in [2.24, 2.45) is 10.5 Å². The highest BCUT2D eigenvalue weighted by atomic mass is 16.5. The summed E-state index contributed by atoms with van der Waals surface area (Å²) in [6.45, 7) is 9.56. The van der Waals surface area contributed by atoms with E-state index in [-0.39, 0.29) is 24.3 Å². The summed E-state index contributed by atoms with van der Waals surface area (Å²) in [5, 5.41) is 3.78. The molecule has 0 rings (SSSR count). The van der Waals surface area contributed by atoms with Crippen LogP contribution in [0, 0.1) is 5.41 Å². The predicted molar refractivity (Wildman–Crippen MR) is 77.5 cm³/mol. The number of ether oxygens (including phenoxy) is 2. The van der Waals surface area contributed by atoms with E-state index in [2.05, 4.69) is 15.3 Å². The third-order valence-corrected chi connectivity index (χ3v) is 2.13. The van der Waals surface area contributed by atoms with Crippen LogP contribution in [0.15, 0.2) is 5.10 Å². The van der Waals surface area contributed by atoms with Crippen molar-refractivity contribution in [3.8, 4) is 0 Å². The highest BCUT2D eigenvalue weighted by Gasteiger charge is 2.22. The molecule has 0 fully saturated rings. The van der Waals surface area contributed by atoms with E-state index in [1.807, 2.05) is 20.8 Å². The Morgan fingerprint density at radius 1 is 1.05 bits per heavy atom. The molecule has 0 aromatic heterocycles. The lowest BCUT2D eigenvalue weighted by atomic mass is 9.89. The minimum Gasteiger partial charge on any atom is -0.466 e. The van der Waals surface area contributed by atoms with E-state index in [1.165, 1.54) is 0 Å². The van der Waals surface area contributed by atoms with Crippen LogP contribution in [0.5, 0.6) is 0 Å². The highest BCUT2D eigenvalue weighted by molar-refractivity contribution is 6.36. The third kappa shape index (κ3) is 9.59. The molecule has 1 amide bonds. The zero-order chi connectivity index (χ0) is 16.5. The van der Waals surface area contributed by atoms with Gasteiger partial charge < -0.3 is 9.47 Å². The molecule has 0 bridgehead atoms. The largest absolute Gasteiger partial charge is 0.466 e. The molecule has 120 valence electrons. The van der Waals surface area contributed by atoms with Crippen molar-refractivity contribution in [2.45, 2.75) is 47.5 Å². The van der Waals surface area contributed by atoms with Gasteiger partial charge in [-0.15, -0.1) is 0 Å². The average Bonchev–Trinajstić information content (AvgIpc) is 2.33. The first-order valence-electron chi connectivity index (χ1n) is 6.87. The molecule has 0 aliphatic rings. The van der Waals surface area contributed by atoms with E-state index in [9.17, 15) is 14.4 Å². The molecule has 0 aromatic rings. The van der Waals surface area contributed by atoms with Crippen molar-refractivity contribution in [3.05, 3.63) is 0 Å². The molecule has 0 atom stereocenters. The van der Waals surface area contributed by atoms with E-state index in [4.69, 9.17) is 4.74 Å². The van der Waals surface area contributed by atoms with Crippen molar-refractivity contribution in [1.82, 2.24) is 5.43 Å². The molecule has 0 aliphatic carbocycles. The smallest absolute Gasteiger partial charge is 0.354 e. The summed E-state index contributed by atoms with van der Waals surface area (Å²) in [6.07, 6.45) is -0.103. The number of esters is 2. The second-order valence-corrected chi connectivity index (χ2v) is 5.53. The molecule has 0 radical (unpaired) electrons. The number of carbonyl (C=O) groups excluding carboxylic acids is 3. The molecule has 0 unspecified atom stereocenters. The van der Waals surface area contributed by atoms with Crippen molar-refractivity contribution < 1.29 is 23.9 Å². The van der Waals surface area contributed by atoms with Gasteiger partial charge in [0.15, 0.2) is 0 Å². The van der Waals surface area contributed by atoms with Gasteiger partial charge in [-0.05, 0) is 19.3 Å². The standard InChI is InChI=1S/C14H24N2O5/c1-6-20-12(18)8-11(17)16-15-10(9-14(3,4)5)13(19)21-7-2/h6-9H2,1-5H3,(H,16,17)/b15-10+. The Hall–Kier alpha value is -1.92. The number of carbonyl (C=O) groups is 3. The zero-order valence-electron chi connectivity index (χ0n) is 13.3. The van der Waals surface area contributed by atoms with Crippen molar-refractivity contribution in [1.29, 1.82) is 0 Å². The Morgan fingerprint density at radius 3 is 2.10 bits per heavy atom. The molecule has 7 heteroatoms. The summed E-state index contributed by atoms with van der Waals surface area (Å²) in [5.41, 5.74) is 2.10. The lowest BCUT2D eigenvalue weighted by Gasteiger charge is -2.18. The first-order chi connectivity index (χ1) is 9.69. The molecular weight excluding hydrogens is 276 g/mol. The Balaban J connectivity index is 4.72. The molecular formula is C14H24N2O5. The van der Waals surface area contributed by atoms with Gasteiger partial charge in [0.05, 0.1) is 13.2 Å². The SMILES string of the molecule is CCOC(=O)CC(=O)N/N=C(\CC(C)(C)C)C(=O)OCC. The number of rotatable bonds is 7. The lowest BCUT2D eigenvalue weighted by Crippen LogP contribution is -2.29. The molecule has 1 N–H and O–H groups in total. The lowest BCUT2D eigenvalue weighted by molar-refractivity contribution is -0.146. The van der Waals surface area contributed by atoms with Crippen LogP contribution in [-0.4, -0.2) is 36.8 Å². The van der Waals surface area contributed by atoms with Crippen LogP contribution in [0.3, 0.4) is 0 Å². The van der Waals surface area contributed by atoms with Crippen LogP contribution < -0.4 is 5.43 Å².